The Balaban J connectivity index is 2.16. The van der Waals surface area contributed by atoms with Crippen LogP contribution in [0.5, 0.6) is 0 Å². The first-order chi connectivity index (χ1) is 9.19. The maximum atomic E-state index is 11.1. The van der Waals surface area contributed by atoms with Crippen LogP contribution in [0.3, 0.4) is 0 Å². The minimum atomic E-state index is -0.930. The molecule has 2 aromatic rings. The number of hydrogen-bond acceptors (Lipinski definition) is 5. The van der Waals surface area contributed by atoms with Gasteiger partial charge in [0.1, 0.15) is 5.82 Å². The van der Waals surface area contributed by atoms with Crippen molar-refractivity contribution in [1.29, 1.82) is 0 Å². The van der Waals surface area contributed by atoms with Crippen LogP contribution in [-0.2, 0) is 13.0 Å². The van der Waals surface area contributed by atoms with Gasteiger partial charge in [0, 0.05) is 16.8 Å². The first kappa shape index (κ1) is 13.5. The van der Waals surface area contributed by atoms with E-state index in [1.54, 1.807) is 35.2 Å². The maximum absolute atomic E-state index is 11.1. The fraction of sp³-hybridized carbons (Fsp3) is 0.308. The van der Waals surface area contributed by atoms with Crippen molar-refractivity contribution in [3.8, 4) is 0 Å². The molecule has 2 aromatic heterocycles. The third-order valence-corrected chi connectivity index (χ3v) is 3.34. The monoisotopic (exact) mass is 277 g/mol. The topological polar surface area (TPSA) is 75.1 Å². The molecule has 19 heavy (non-hydrogen) atoms. The van der Waals surface area contributed by atoms with Crippen molar-refractivity contribution < 1.29 is 9.90 Å². The van der Waals surface area contributed by atoms with Crippen LogP contribution in [-0.4, -0.2) is 21.0 Å². The Bertz CT molecular complexity index is 555. The molecular weight excluding hydrogens is 262 g/mol. The summed E-state index contributed by atoms with van der Waals surface area (Å²) in [5.74, 6) is -0.336. The molecule has 0 unspecified atom stereocenters. The van der Waals surface area contributed by atoms with E-state index in [1.807, 2.05) is 6.92 Å². The largest absolute Gasteiger partial charge is 0.478 e. The molecule has 0 amide bonds. The molecule has 0 bridgehead atoms. The molecule has 0 aliphatic carbocycles. The van der Waals surface area contributed by atoms with Gasteiger partial charge in [-0.2, -0.15) is 0 Å². The number of aromatic nitrogens is 2. The summed E-state index contributed by atoms with van der Waals surface area (Å²) in [7, 11) is 0. The quantitative estimate of drug-likeness (QED) is 0.849. The summed E-state index contributed by atoms with van der Waals surface area (Å²) in [6, 6.07) is 3.19. The molecule has 0 saturated carbocycles. The van der Waals surface area contributed by atoms with Gasteiger partial charge >= 0.3 is 5.97 Å². The molecule has 0 aliphatic heterocycles. The van der Waals surface area contributed by atoms with E-state index in [9.17, 15) is 4.79 Å². The highest BCUT2D eigenvalue weighted by Crippen LogP contribution is 2.14. The average Bonchev–Trinajstić information content (AvgIpc) is 2.89. The number of carboxylic acids is 1. The minimum absolute atomic E-state index is 0.269. The van der Waals surface area contributed by atoms with Crippen LogP contribution in [0.2, 0.25) is 0 Å². The summed E-state index contributed by atoms with van der Waals surface area (Å²) in [5.41, 5.74) is 2.83. The number of nitrogens with one attached hydrogen (secondary N) is 1. The first-order valence-corrected chi connectivity index (χ1v) is 6.92. The third kappa shape index (κ3) is 3.75. The molecule has 0 saturated heterocycles. The van der Waals surface area contributed by atoms with E-state index in [4.69, 9.17) is 5.11 Å². The van der Waals surface area contributed by atoms with E-state index in [2.05, 4.69) is 15.3 Å². The van der Waals surface area contributed by atoms with Gasteiger partial charge in [-0.15, -0.1) is 11.3 Å². The number of hydrogen-bond donors (Lipinski definition) is 2. The molecule has 2 rings (SSSR count). The van der Waals surface area contributed by atoms with E-state index < -0.39 is 5.97 Å². The predicted octanol–water partition coefficient (Wildman–Crippen LogP) is 2.80. The molecule has 0 aliphatic rings. The van der Waals surface area contributed by atoms with Gasteiger partial charge in [0.15, 0.2) is 0 Å². The predicted molar refractivity (Wildman–Crippen MR) is 74.6 cm³/mol. The van der Waals surface area contributed by atoms with Crippen molar-refractivity contribution in [3.63, 3.8) is 0 Å². The molecule has 6 heteroatoms. The highest BCUT2D eigenvalue weighted by atomic mass is 32.1. The Morgan fingerprint density at radius 1 is 1.47 bits per heavy atom. The van der Waals surface area contributed by atoms with Crippen LogP contribution in [0.4, 0.5) is 5.82 Å². The molecule has 0 spiro atoms. The van der Waals surface area contributed by atoms with E-state index in [-0.39, 0.29) is 5.56 Å². The first-order valence-electron chi connectivity index (χ1n) is 6.04. The number of carboxylic acid groups (broad SMARTS) is 1. The zero-order valence-electron chi connectivity index (χ0n) is 10.6. The Hall–Kier alpha value is -1.95. The number of aryl methyl sites for hydroxylation is 1. The molecule has 0 fully saturated rings. The van der Waals surface area contributed by atoms with Gasteiger partial charge in [0.05, 0.1) is 17.6 Å². The Kier molecular flexibility index (Phi) is 4.46. The van der Waals surface area contributed by atoms with Crippen molar-refractivity contribution in [1.82, 2.24) is 9.97 Å². The molecule has 2 N–H and O–H groups in total. The van der Waals surface area contributed by atoms with Gasteiger partial charge in [-0.1, -0.05) is 13.3 Å². The molecule has 100 valence electrons. The fourth-order valence-corrected chi connectivity index (χ4v) is 2.23. The van der Waals surface area contributed by atoms with Crippen molar-refractivity contribution in [2.24, 2.45) is 0 Å². The number of rotatable bonds is 6. The lowest BCUT2D eigenvalue weighted by atomic mass is 10.1. The second-order valence-corrected chi connectivity index (χ2v) is 5.08. The molecule has 5 nitrogen and oxygen atoms in total. The van der Waals surface area contributed by atoms with E-state index >= 15 is 0 Å². The SMILES string of the molecule is CCCc1cc(C(=O)O)cc(NCc2cncs2)n1. The lowest BCUT2D eigenvalue weighted by Gasteiger charge is -2.08. The second kappa shape index (κ2) is 6.29. The van der Waals surface area contributed by atoms with E-state index in [0.29, 0.717) is 12.4 Å². The van der Waals surface area contributed by atoms with Gasteiger partial charge in [0.2, 0.25) is 0 Å². The summed E-state index contributed by atoms with van der Waals surface area (Å²) in [5, 5.41) is 12.2. The van der Waals surface area contributed by atoms with Crippen molar-refractivity contribution in [2.75, 3.05) is 5.32 Å². The van der Waals surface area contributed by atoms with Crippen LogP contribution >= 0.6 is 11.3 Å². The van der Waals surface area contributed by atoms with Crippen molar-refractivity contribution >= 4 is 23.1 Å². The molecule has 0 atom stereocenters. The number of aromatic carboxylic acids is 1. The maximum Gasteiger partial charge on any atom is 0.335 e. The highest BCUT2D eigenvalue weighted by molar-refractivity contribution is 7.09. The van der Waals surface area contributed by atoms with Gasteiger partial charge in [0.25, 0.3) is 0 Å². The highest BCUT2D eigenvalue weighted by Gasteiger charge is 2.08. The Morgan fingerprint density at radius 2 is 2.32 bits per heavy atom. The second-order valence-electron chi connectivity index (χ2n) is 4.11. The van der Waals surface area contributed by atoms with Gasteiger partial charge < -0.3 is 10.4 Å². The molecule has 0 aromatic carbocycles. The minimum Gasteiger partial charge on any atom is -0.478 e. The van der Waals surface area contributed by atoms with Crippen LogP contribution < -0.4 is 5.32 Å². The molecular formula is C13H15N3O2S. The standard InChI is InChI=1S/C13H15N3O2S/c1-2-3-10-4-9(13(17)18)5-12(16-10)15-7-11-6-14-8-19-11/h4-6,8H,2-3,7H2,1H3,(H,15,16)(H,17,18). The van der Waals surface area contributed by atoms with Gasteiger partial charge in [-0.3, -0.25) is 4.98 Å². The Labute approximate surface area is 115 Å². The molecule has 2 heterocycles. The average molecular weight is 277 g/mol. The van der Waals surface area contributed by atoms with Gasteiger partial charge in [-0.25, -0.2) is 9.78 Å². The van der Waals surface area contributed by atoms with Crippen molar-refractivity contribution in [3.05, 3.63) is 40.0 Å². The van der Waals surface area contributed by atoms with E-state index in [1.165, 1.54) is 0 Å². The number of pyridine rings is 1. The lowest BCUT2D eigenvalue weighted by Crippen LogP contribution is -2.06. The summed E-state index contributed by atoms with van der Waals surface area (Å²) >= 11 is 1.55. The molecule has 0 radical (unpaired) electrons. The van der Waals surface area contributed by atoms with Crippen molar-refractivity contribution in [2.45, 2.75) is 26.3 Å². The van der Waals surface area contributed by atoms with E-state index in [0.717, 1.165) is 23.4 Å². The van der Waals surface area contributed by atoms with Gasteiger partial charge in [-0.05, 0) is 18.6 Å². The number of anilines is 1. The van der Waals surface area contributed by atoms with Crippen LogP contribution in [0, 0.1) is 0 Å². The Morgan fingerprint density at radius 3 is 2.95 bits per heavy atom. The number of thiazole rings is 1. The lowest BCUT2D eigenvalue weighted by molar-refractivity contribution is 0.0696. The number of nitrogens with zero attached hydrogens (tertiary/aromatic N) is 2. The zero-order chi connectivity index (χ0) is 13.7. The van der Waals surface area contributed by atoms with Crippen LogP contribution in [0.25, 0.3) is 0 Å². The normalized spacial score (nSPS) is 10.4. The summed E-state index contributed by atoms with van der Waals surface area (Å²) in [6.45, 7) is 2.64. The van der Waals surface area contributed by atoms with Crippen LogP contribution in [0.1, 0.15) is 34.3 Å². The fourth-order valence-electron chi connectivity index (χ4n) is 1.69. The number of carbonyl (C=O) groups is 1. The summed E-state index contributed by atoms with van der Waals surface area (Å²) in [4.78, 5) is 20.6. The summed E-state index contributed by atoms with van der Waals surface area (Å²) < 4.78 is 0. The summed E-state index contributed by atoms with van der Waals surface area (Å²) in [6.07, 6.45) is 3.49. The smallest absolute Gasteiger partial charge is 0.335 e. The zero-order valence-corrected chi connectivity index (χ0v) is 11.4. The van der Waals surface area contributed by atoms with Crippen LogP contribution in [0.15, 0.2) is 23.8 Å². The third-order valence-electron chi connectivity index (χ3n) is 2.56.